The monoisotopic (exact) mass is 422 g/mol. The van der Waals surface area contributed by atoms with Gasteiger partial charge < -0.3 is 23.7 Å². The van der Waals surface area contributed by atoms with Gasteiger partial charge in [0.1, 0.15) is 24.4 Å². The molecule has 0 aromatic heterocycles. The summed E-state index contributed by atoms with van der Waals surface area (Å²) in [6.45, 7) is 8.84. The van der Waals surface area contributed by atoms with E-state index < -0.39 is 6.29 Å². The van der Waals surface area contributed by atoms with E-state index in [-0.39, 0.29) is 30.5 Å². The van der Waals surface area contributed by atoms with Crippen LogP contribution in [0.2, 0.25) is 0 Å². The van der Waals surface area contributed by atoms with Gasteiger partial charge in [0.25, 0.3) is 0 Å². The second kappa shape index (κ2) is 10.8. The van der Waals surface area contributed by atoms with Gasteiger partial charge in [-0.1, -0.05) is 72.8 Å². The normalized spacial score (nSPS) is 30.3. The minimum absolute atomic E-state index is 0.195. The third-order valence-electron chi connectivity index (χ3n) is 5.59. The Morgan fingerprint density at radius 1 is 0.839 bits per heavy atom. The quantitative estimate of drug-likeness (QED) is 0.566. The Balaban J connectivity index is 1.58. The summed E-state index contributed by atoms with van der Waals surface area (Å²) >= 11 is 0. The molecular weight excluding hydrogens is 392 g/mol. The number of ether oxygens (including phenoxy) is 5. The number of fused-ring (bicyclic) bond motifs is 1. The zero-order valence-electron chi connectivity index (χ0n) is 17.7. The first-order valence-corrected chi connectivity index (χ1v) is 10.8. The molecule has 0 radical (unpaired) electrons. The van der Waals surface area contributed by atoms with Crippen molar-refractivity contribution in [1.82, 2.24) is 0 Å². The maximum absolute atomic E-state index is 6.48. The van der Waals surface area contributed by atoms with Crippen LogP contribution in [0.25, 0.3) is 0 Å². The van der Waals surface area contributed by atoms with Crippen molar-refractivity contribution in [2.45, 2.75) is 43.2 Å². The van der Waals surface area contributed by atoms with E-state index in [4.69, 9.17) is 23.7 Å². The van der Waals surface area contributed by atoms with E-state index in [1.54, 1.807) is 12.2 Å². The fourth-order valence-electron chi connectivity index (χ4n) is 4.20. The fourth-order valence-corrected chi connectivity index (χ4v) is 4.20. The van der Waals surface area contributed by atoms with Crippen LogP contribution in [0.15, 0.2) is 86.0 Å². The molecule has 0 N–H and O–H groups in total. The molecule has 2 aliphatic heterocycles. The summed E-state index contributed by atoms with van der Waals surface area (Å²) in [6, 6.07) is 20.2. The van der Waals surface area contributed by atoms with Crippen molar-refractivity contribution in [1.29, 1.82) is 0 Å². The lowest BCUT2D eigenvalue weighted by Gasteiger charge is -2.49. The molecule has 5 heteroatoms. The number of hydrogen-bond acceptors (Lipinski definition) is 5. The molecule has 2 aromatic carbocycles. The van der Waals surface area contributed by atoms with Crippen LogP contribution >= 0.6 is 0 Å². The SMILES string of the molecule is C=CCO[C@@H]1[C@@H](OCC=C)[C@H](Cc2ccccc2)O[C@@H]2COC(c3ccccc3)O[C@@H]12. The van der Waals surface area contributed by atoms with E-state index in [1.807, 2.05) is 48.5 Å². The van der Waals surface area contributed by atoms with Crippen LogP contribution in [-0.4, -0.2) is 50.3 Å². The molecule has 0 spiro atoms. The van der Waals surface area contributed by atoms with Gasteiger partial charge in [0.05, 0.1) is 25.9 Å². The lowest BCUT2D eigenvalue weighted by atomic mass is 9.90. The summed E-state index contributed by atoms with van der Waals surface area (Å²) in [7, 11) is 0. The molecule has 2 fully saturated rings. The molecule has 0 amide bonds. The van der Waals surface area contributed by atoms with Crippen molar-refractivity contribution in [3.63, 3.8) is 0 Å². The average molecular weight is 423 g/mol. The van der Waals surface area contributed by atoms with Crippen molar-refractivity contribution in [2.24, 2.45) is 0 Å². The first kappa shape index (κ1) is 21.9. The minimum Gasteiger partial charge on any atom is -0.369 e. The summed E-state index contributed by atoms with van der Waals surface area (Å²) in [6.07, 6.45) is 2.35. The second-order valence-corrected chi connectivity index (χ2v) is 7.75. The lowest BCUT2D eigenvalue weighted by molar-refractivity contribution is -0.335. The highest BCUT2D eigenvalue weighted by molar-refractivity contribution is 5.18. The van der Waals surface area contributed by atoms with Crippen molar-refractivity contribution in [3.8, 4) is 0 Å². The molecule has 2 aliphatic rings. The second-order valence-electron chi connectivity index (χ2n) is 7.75. The molecule has 164 valence electrons. The maximum Gasteiger partial charge on any atom is 0.184 e. The summed E-state index contributed by atoms with van der Waals surface area (Å²) < 4.78 is 31.3. The highest BCUT2D eigenvalue weighted by Gasteiger charge is 2.50. The van der Waals surface area contributed by atoms with Gasteiger partial charge in [0, 0.05) is 12.0 Å². The van der Waals surface area contributed by atoms with Gasteiger partial charge in [-0.05, 0) is 5.56 Å². The van der Waals surface area contributed by atoms with Gasteiger partial charge in [-0.25, -0.2) is 0 Å². The smallest absolute Gasteiger partial charge is 0.184 e. The molecule has 1 unspecified atom stereocenters. The van der Waals surface area contributed by atoms with E-state index in [0.717, 1.165) is 5.56 Å². The Kier molecular flexibility index (Phi) is 7.67. The van der Waals surface area contributed by atoms with Crippen molar-refractivity contribution in [3.05, 3.63) is 97.1 Å². The third-order valence-corrected chi connectivity index (χ3v) is 5.59. The molecule has 31 heavy (non-hydrogen) atoms. The molecule has 2 aromatic rings. The van der Waals surface area contributed by atoms with Gasteiger partial charge in [0.15, 0.2) is 6.29 Å². The average Bonchev–Trinajstić information content (AvgIpc) is 2.82. The van der Waals surface area contributed by atoms with E-state index in [1.165, 1.54) is 5.56 Å². The Bertz CT molecular complexity index is 824. The molecule has 2 heterocycles. The molecular formula is C26H30O5. The van der Waals surface area contributed by atoms with Crippen molar-refractivity contribution < 1.29 is 23.7 Å². The topological polar surface area (TPSA) is 46.2 Å². The maximum atomic E-state index is 6.48. The highest BCUT2D eigenvalue weighted by Crippen LogP contribution is 2.37. The third kappa shape index (κ3) is 5.32. The zero-order valence-corrected chi connectivity index (χ0v) is 17.7. The number of rotatable bonds is 9. The van der Waals surface area contributed by atoms with Crippen LogP contribution in [0.4, 0.5) is 0 Å². The Morgan fingerprint density at radius 2 is 1.48 bits per heavy atom. The van der Waals surface area contributed by atoms with Crippen LogP contribution in [-0.2, 0) is 30.1 Å². The summed E-state index contributed by atoms with van der Waals surface area (Å²) in [5.74, 6) is 0. The van der Waals surface area contributed by atoms with E-state index in [9.17, 15) is 0 Å². The van der Waals surface area contributed by atoms with Crippen LogP contribution in [0.1, 0.15) is 17.4 Å². The van der Waals surface area contributed by atoms with Gasteiger partial charge in [-0.2, -0.15) is 0 Å². The largest absolute Gasteiger partial charge is 0.369 e. The molecule has 0 aliphatic carbocycles. The molecule has 0 saturated carbocycles. The van der Waals surface area contributed by atoms with Crippen LogP contribution in [0, 0.1) is 0 Å². The summed E-state index contributed by atoms with van der Waals surface area (Å²) in [4.78, 5) is 0. The molecule has 0 bridgehead atoms. The van der Waals surface area contributed by atoms with E-state index in [2.05, 4.69) is 25.3 Å². The van der Waals surface area contributed by atoms with Crippen molar-refractivity contribution >= 4 is 0 Å². The fraction of sp³-hybridized carbons (Fsp3) is 0.385. The first-order valence-electron chi connectivity index (χ1n) is 10.8. The number of benzene rings is 2. The van der Waals surface area contributed by atoms with E-state index in [0.29, 0.717) is 26.2 Å². The van der Waals surface area contributed by atoms with Crippen LogP contribution < -0.4 is 0 Å². The summed E-state index contributed by atoms with van der Waals surface area (Å²) in [5.41, 5.74) is 2.15. The van der Waals surface area contributed by atoms with Gasteiger partial charge in [0.2, 0.25) is 0 Å². The van der Waals surface area contributed by atoms with Gasteiger partial charge in [-0.3, -0.25) is 0 Å². The van der Waals surface area contributed by atoms with Crippen LogP contribution in [0.5, 0.6) is 0 Å². The standard InChI is InChI=1S/C26H30O5/c1-3-15-27-23-21(17-19-11-7-5-8-12-19)30-22-18-29-26(20-13-9-6-10-14-20)31-24(22)25(23)28-16-4-2/h3-14,21-26H,1-2,15-18H2/t21-,22+,23-,24+,25+,26?/m0/s1. The van der Waals surface area contributed by atoms with E-state index >= 15 is 0 Å². The Labute approximate surface area is 184 Å². The highest BCUT2D eigenvalue weighted by atomic mass is 16.7. The Hall–Kier alpha value is -2.28. The molecule has 4 rings (SSSR count). The zero-order chi connectivity index (χ0) is 21.5. The van der Waals surface area contributed by atoms with Gasteiger partial charge in [-0.15, -0.1) is 13.2 Å². The lowest BCUT2D eigenvalue weighted by Crippen LogP contribution is -2.63. The first-order chi connectivity index (χ1) is 15.3. The van der Waals surface area contributed by atoms with Crippen molar-refractivity contribution in [2.75, 3.05) is 19.8 Å². The summed E-state index contributed by atoms with van der Waals surface area (Å²) in [5, 5.41) is 0. The Morgan fingerprint density at radius 3 is 2.16 bits per heavy atom. The predicted molar refractivity (Wildman–Crippen MR) is 119 cm³/mol. The molecule has 5 nitrogen and oxygen atoms in total. The van der Waals surface area contributed by atoms with Crippen LogP contribution in [0.3, 0.4) is 0 Å². The molecule has 6 atom stereocenters. The minimum atomic E-state index is -0.466. The predicted octanol–water partition coefficient (Wildman–Crippen LogP) is 4.25. The van der Waals surface area contributed by atoms with Gasteiger partial charge >= 0.3 is 0 Å². The molecule has 2 saturated heterocycles. The number of hydrogen-bond donors (Lipinski definition) is 0.